The number of hydrogen-bond acceptors (Lipinski definition) is 5. The van der Waals surface area contributed by atoms with Gasteiger partial charge in [-0.15, -0.1) is 0 Å². The van der Waals surface area contributed by atoms with Crippen molar-refractivity contribution in [2.75, 3.05) is 0 Å². The predicted molar refractivity (Wildman–Crippen MR) is 119 cm³/mol. The Bertz CT molecular complexity index is 893. The smallest absolute Gasteiger partial charge is 0.182 e. The van der Waals surface area contributed by atoms with Crippen LogP contribution >= 0.6 is 0 Å². The van der Waals surface area contributed by atoms with Crippen LogP contribution in [0.1, 0.15) is 85.2 Å². The lowest BCUT2D eigenvalue weighted by molar-refractivity contribution is 0.0872. The number of nitrogens with two attached hydrogens (primary N) is 2. The summed E-state index contributed by atoms with van der Waals surface area (Å²) in [5.74, 6) is 1.26. The van der Waals surface area contributed by atoms with Gasteiger partial charge in [0.15, 0.2) is 11.6 Å². The number of ketones is 2. The van der Waals surface area contributed by atoms with Crippen LogP contribution in [-0.4, -0.2) is 22.6 Å². The molecule has 0 spiro atoms. The van der Waals surface area contributed by atoms with Crippen LogP contribution in [0.2, 0.25) is 0 Å². The fourth-order valence-electron chi connectivity index (χ4n) is 3.94. The molecule has 160 valence electrons. The zero-order valence-electron chi connectivity index (χ0n) is 18.4. The first-order valence-corrected chi connectivity index (χ1v) is 10.8. The summed E-state index contributed by atoms with van der Waals surface area (Å²) in [5, 5.41) is 0. The van der Waals surface area contributed by atoms with Gasteiger partial charge >= 0.3 is 0 Å². The predicted octanol–water partition coefficient (Wildman–Crippen LogP) is 4.78. The van der Waals surface area contributed by atoms with Crippen LogP contribution in [-0.2, 0) is 6.42 Å². The first kappa shape index (κ1) is 22.2. The van der Waals surface area contributed by atoms with E-state index in [9.17, 15) is 9.59 Å². The van der Waals surface area contributed by atoms with E-state index in [0.717, 1.165) is 11.1 Å². The molecule has 5 heteroatoms. The fourth-order valence-corrected chi connectivity index (χ4v) is 3.94. The molecule has 1 heterocycles. The molecule has 0 saturated carbocycles. The monoisotopic (exact) mass is 408 g/mol. The van der Waals surface area contributed by atoms with E-state index in [1.54, 1.807) is 12.1 Å². The van der Waals surface area contributed by atoms with E-state index in [0.29, 0.717) is 54.7 Å². The Morgan fingerprint density at radius 2 is 1.27 bits per heavy atom. The maximum Gasteiger partial charge on any atom is 0.182 e. The highest BCUT2D eigenvalue weighted by Crippen LogP contribution is 2.38. The molecule has 0 aliphatic carbocycles. The molecule has 2 aromatic rings. The van der Waals surface area contributed by atoms with E-state index in [2.05, 4.69) is 0 Å². The molecule has 2 aromatic carbocycles. The number of benzene rings is 2. The average Bonchev–Trinajstić information content (AvgIpc) is 2.79. The molecule has 1 aliphatic heterocycles. The van der Waals surface area contributed by atoms with Crippen LogP contribution < -0.4 is 16.2 Å². The van der Waals surface area contributed by atoms with Gasteiger partial charge in [-0.3, -0.25) is 9.59 Å². The minimum Gasteiger partial charge on any atom is -0.457 e. The number of rotatable bonds is 8. The molecule has 0 fully saturated rings. The quantitative estimate of drug-likeness (QED) is 0.523. The number of ether oxygens (including phenoxy) is 1. The third kappa shape index (κ3) is 3.80. The average molecular weight is 409 g/mol. The molecular formula is C25H32N2O3. The molecule has 0 unspecified atom stereocenters. The highest BCUT2D eigenvalue weighted by atomic mass is 16.5. The lowest BCUT2D eigenvalue weighted by Crippen LogP contribution is -2.46. The Morgan fingerprint density at radius 3 is 1.80 bits per heavy atom. The zero-order valence-corrected chi connectivity index (χ0v) is 18.4. The van der Waals surface area contributed by atoms with Crippen LogP contribution in [0.25, 0.3) is 0 Å². The first-order chi connectivity index (χ1) is 14.2. The maximum absolute atomic E-state index is 12.9. The Hall–Kier alpha value is -2.50. The van der Waals surface area contributed by atoms with Gasteiger partial charge < -0.3 is 16.2 Å². The van der Waals surface area contributed by atoms with E-state index >= 15 is 0 Å². The van der Waals surface area contributed by atoms with Crippen LogP contribution in [0.3, 0.4) is 0 Å². The summed E-state index contributed by atoms with van der Waals surface area (Å²) in [6.07, 6.45) is 2.98. The van der Waals surface area contributed by atoms with Gasteiger partial charge in [0.05, 0.1) is 11.1 Å². The van der Waals surface area contributed by atoms with Crippen molar-refractivity contribution in [2.45, 2.75) is 70.9 Å². The van der Waals surface area contributed by atoms with Gasteiger partial charge in [0, 0.05) is 23.1 Å². The highest BCUT2D eigenvalue weighted by Gasteiger charge is 2.33. The van der Waals surface area contributed by atoms with E-state index in [4.69, 9.17) is 16.2 Å². The normalized spacial score (nSPS) is 13.3. The molecule has 0 bridgehead atoms. The van der Waals surface area contributed by atoms with Crippen LogP contribution in [0, 0.1) is 0 Å². The molecule has 0 amide bonds. The zero-order chi connectivity index (χ0) is 22.1. The molecule has 0 aromatic heterocycles. The van der Waals surface area contributed by atoms with Crippen LogP contribution in [0.15, 0.2) is 36.4 Å². The molecule has 5 nitrogen and oxygen atoms in total. The van der Waals surface area contributed by atoms with E-state index in [1.165, 1.54) is 0 Å². The third-order valence-electron chi connectivity index (χ3n) is 6.68. The summed E-state index contributed by atoms with van der Waals surface area (Å²) in [6, 6.07) is 11.0. The Balaban J connectivity index is 1.90. The van der Waals surface area contributed by atoms with Gasteiger partial charge in [0.2, 0.25) is 0 Å². The van der Waals surface area contributed by atoms with Crippen molar-refractivity contribution in [1.29, 1.82) is 0 Å². The minimum absolute atomic E-state index is 0.0412. The largest absolute Gasteiger partial charge is 0.457 e. The molecule has 4 N–H and O–H groups in total. The molecule has 0 saturated heterocycles. The second kappa shape index (κ2) is 8.32. The number of carbonyl (C=O) groups excluding carboxylic acids is 2. The first-order valence-electron chi connectivity index (χ1n) is 10.8. The van der Waals surface area contributed by atoms with Crippen molar-refractivity contribution in [3.05, 3.63) is 58.7 Å². The maximum atomic E-state index is 12.9. The van der Waals surface area contributed by atoms with Crippen molar-refractivity contribution in [3.8, 4) is 11.5 Å². The summed E-state index contributed by atoms with van der Waals surface area (Å²) in [6.45, 7) is 7.73. The molecular weight excluding hydrogens is 376 g/mol. The standard InChI is InChI=1S/C25H32N2O3/c1-5-24(26,6-2)22(28)17-11-12-20-19(14-17)13-16-9-10-18(15-21(16)30-20)23(29)25(27,7-3)8-4/h9-12,14-15H,5-8,13,26-27H2,1-4H3. The van der Waals surface area contributed by atoms with E-state index in [1.807, 2.05) is 52.0 Å². The second-order valence-electron chi connectivity index (χ2n) is 8.31. The van der Waals surface area contributed by atoms with Gasteiger partial charge in [-0.2, -0.15) is 0 Å². The van der Waals surface area contributed by atoms with Crippen molar-refractivity contribution in [2.24, 2.45) is 11.5 Å². The molecule has 0 radical (unpaired) electrons. The topological polar surface area (TPSA) is 95.4 Å². The third-order valence-corrected chi connectivity index (χ3v) is 6.68. The van der Waals surface area contributed by atoms with Gasteiger partial charge in [0.1, 0.15) is 11.5 Å². The SMILES string of the molecule is CCC(N)(CC)C(=O)c1ccc2c(c1)Cc1ccc(C(=O)C(N)(CC)CC)cc1O2. The number of Topliss-reactive ketones (excluding diaryl/α,β-unsaturated/α-hetero) is 2. The Kier molecular flexibility index (Phi) is 6.16. The summed E-state index contributed by atoms with van der Waals surface area (Å²) in [4.78, 5) is 25.8. The molecule has 30 heavy (non-hydrogen) atoms. The van der Waals surface area contributed by atoms with E-state index in [-0.39, 0.29) is 11.6 Å². The summed E-state index contributed by atoms with van der Waals surface area (Å²) in [7, 11) is 0. The van der Waals surface area contributed by atoms with Gasteiger partial charge in [-0.05, 0) is 55.5 Å². The fraction of sp³-hybridized carbons (Fsp3) is 0.440. The van der Waals surface area contributed by atoms with Gasteiger partial charge in [0.25, 0.3) is 0 Å². The Labute approximate surface area is 178 Å². The summed E-state index contributed by atoms with van der Waals surface area (Å²) in [5.41, 5.74) is 14.0. The van der Waals surface area contributed by atoms with E-state index < -0.39 is 11.1 Å². The van der Waals surface area contributed by atoms with Gasteiger partial charge in [-0.1, -0.05) is 39.8 Å². The van der Waals surface area contributed by atoms with Gasteiger partial charge in [-0.25, -0.2) is 0 Å². The number of fused-ring (bicyclic) bond motifs is 2. The lowest BCUT2D eigenvalue weighted by atomic mass is 9.84. The van der Waals surface area contributed by atoms with Crippen LogP contribution in [0.4, 0.5) is 0 Å². The minimum atomic E-state index is -0.858. The second-order valence-corrected chi connectivity index (χ2v) is 8.31. The van der Waals surface area contributed by atoms with Crippen molar-refractivity contribution < 1.29 is 14.3 Å². The van der Waals surface area contributed by atoms with Crippen molar-refractivity contribution >= 4 is 11.6 Å². The highest BCUT2D eigenvalue weighted by molar-refractivity contribution is 6.04. The number of carbonyl (C=O) groups is 2. The molecule has 0 atom stereocenters. The lowest BCUT2D eigenvalue weighted by Gasteiger charge is -2.27. The molecule has 1 aliphatic rings. The van der Waals surface area contributed by atoms with Crippen LogP contribution in [0.5, 0.6) is 11.5 Å². The summed E-state index contributed by atoms with van der Waals surface area (Å²) < 4.78 is 6.09. The van der Waals surface area contributed by atoms with Crippen molar-refractivity contribution in [1.82, 2.24) is 0 Å². The van der Waals surface area contributed by atoms with Crippen molar-refractivity contribution in [3.63, 3.8) is 0 Å². The Morgan fingerprint density at radius 1 is 0.767 bits per heavy atom. The molecule has 3 rings (SSSR count). The number of hydrogen-bond donors (Lipinski definition) is 2. The summed E-state index contributed by atoms with van der Waals surface area (Å²) >= 11 is 0.